The first-order chi connectivity index (χ1) is 10.3. The first kappa shape index (κ1) is 18.3. The molecule has 0 spiro atoms. The molecule has 2 atom stereocenters. The molecule has 2 heterocycles. The third-order valence-corrected chi connectivity index (χ3v) is 5.86. The van der Waals surface area contributed by atoms with E-state index in [1.807, 2.05) is 0 Å². The highest BCUT2D eigenvalue weighted by Crippen LogP contribution is 2.32. The Balaban J connectivity index is 0.00000192. The normalized spacial score (nSPS) is 25.0. The number of ether oxygens (including phenoxy) is 1. The molecule has 1 aromatic rings. The summed E-state index contributed by atoms with van der Waals surface area (Å²) >= 11 is 0. The number of fused-ring (bicyclic) bond motifs is 1. The van der Waals surface area contributed by atoms with E-state index in [0.717, 1.165) is 25.2 Å². The van der Waals surface area contributed by atoms with Crippen LogP contribution in [0.15, 0.2) is 29.2 Å². The van der Waals surface area contributed by atoms with Crippen molar-refractivity contribution in [3.05, 3.63) is 24.3 Å². The van der Waals surface area contributed by atoms with Crippen LogP contribution in [-0.4, -0.2) is 45.3 Å². The van der Waals surface area contributed by atoms with Gasteiger partial charge in [-0.05, 0) is 37.1 Å². The Morgan fingerprint density at radius 1 is 1.17 bits per heavy atom. The Bertz CT molecular complexity index is 657. The van der Waals surface area contributed by atoms with Crippen molar-refractivity contribution < 1.29 is 26.3 Å². The number of hydrogen-bond acceptors (Lipinski definition) is 4. The van der Waals surface area contributed by atoms with Gasteiger partial charge < -0.3 is 10.1 Å². The van der Waals surface area contributed by atoms with Crippen LogP contribution in [0.5, 0.6) is 5.75 Å². The monoisotopic (exact) mass is 372 g/mol. The zero-order valence-electron chi connectivity index (χ0n) is 11.9. The third-order valence-electron chi connectivity index (χ3n) is 4.03. The number of nitrogens with zero attached hydrogens (tertiary/aromatic N) is 1. The minimum absolute atomic E-state index is 0. The van der Waals surface area contributed by atoms with Crippen molar-refractivity contribution >= 4 is 22.4 Å². The number of alkyl halides is 3. The predicted molar refractivity (Wildman–Crippen MR) is 79.0 cm³/mol. The van der Waals surface area contributed by atoms with E-state index in [2.05, 4.69) is 10.1 Å². The van der Waals surface area contributed by atoms with Crippen LogP contribution in [0, 0.1) is 11.8 Å². The molecule has 5 nitrogen and oxygen atoms in total. The molecule has 23 heavy (non-hydrogen) atoms. The molecule has 1 N–H and O–H groups in total. The summed E-state index contributed by atoms with van der Waals surface area (Å²) in [5.74, 6) is 0.00315. The fraction of sp³-hybridized carbons (Fsp3) is 0.538. The van der Waals surface area contributed by atoms with Crippen molar-refractivity contribution in [3.8, 4) is 5.75 Å². The van der Waals surface area contributed by atoms with Gasteiger partial charge in [0.2, 0.25) is 10.0 Å². The topological polar surface area (TPSA) is 58.6 Å². The number of benzene rings is 1. The molecule has 2 saturated heterocycles. The van der Waals surface area contributed by atoms with Crippen molar-refractivity contribution in [1.82, 2.24) is 9.62 Å². The fourth-order valence-electron chi connectivity index (χ4n) is 2.99. The lowest BCUT2D eigenvalue weighted by Gasteiger charge is -2.18. The highest BCUT2D eigenvalue weighted by Gasteiger charge is 2.41. The predicted octanol–water partition coefficient (Wildman–Crippen LogP) is 1.85. The molecule has 0 aliphatic carbocycles. The number of sulfonamides is 1. The summed E-state index contributed by atoms with van der Waals surface area (Å²) in [4.78, 5) is -0.179. The average Bonchev–Trinajstić information content (AvgIpc) is 2.97. The van der Waals surface area contributed by atoms with Crippen LogP contribution in [0.3, 0.4) is 0 Å². The van der Waals surface area contributed by atoms with Gasteiger partial charge in [0.15, 0.2) is 0 Å². The lowest BCUT2D eigenvalue weighted by Crippen LogP contribution is -2.32. The lowest BCUT2D eigenvalue weighted by molar-refractivity contribution is -0.274. The van der Waals surface area contributed by atoms with Crippen LogP contribution in [0.25, 0.3) is 0 Å². The molecule has 0 bridgehead atoms. The largest absolute Gasteiger partial charge is 0.573 e. The Morgan fingerprint density at radius 2 is 1.78 bits per heavy atom. The summed E-state index contributed by atoms with van der Waals surface area (Å²) in [6.07, 6.45) is -4.85. The number of hydrogen-bond donors (Lipinski definition) is 1. The first-order valence-electron chi connectivity index (χ1n) is 6.82. The number of rotatable bonds is 3. The second-order valence-corrected chi connectivity index (χ2v) is 7.46. The van der Waals surface area contributed by atoms with Gasteiger partial charge >= 0.3 is 6.36 Å². The molecule has 1 aromatic carbocycles. The maximum Gasteiger partial charge on any atom is 0.573 e. The molecule has 130 valence electrons. The van der Waals surface area contributed by atoms with Crippen molar-refractivity contribution in [2.24, 2.45) is 11.8 Å². The maximum absolute atomic E-state index is 12.6. The van der Waals surface area contributed by atoms with Crippen LogP contribution < -0.4 is 10.1 Å². The van der Waals surface area contributed by atoms with Gasteiger partial charge in [0.1, 0.15) is 5.75 Å². The Hall–Kier alpha value is -1.03. The quantitative estimate of drug-likeness (QED) is 0.879. The lowest BCUT2D eigenvalue weighted by atomic mass is 10.0. The van der Waals surface area contributed by atoms with Gasteiger partial charge in [-0.3, -0.25) is 0 Å². The Labute approximate surface area is 138 Å². The molecule has 0 radical (unpaired) electrons. The maximum atomic E-state index is 12.6. The van der Waals surface area contributed by atoms with E-state index in [9.17, 15) is 21.6 Å². The highest BCUT2D eigenvalue weighted by molar-refractivity contribution is 7.89. The molecule has 0 amide bonds. The third kappa shape index (κ3) is 3.90. The summed E-state index contributed by atoms with van der Waals surface area (Å²) in [7, 11) is -3.80. The van der Waals surface area contributed by atoms with E-state index in [0.29, 0.717) is 13.1 Å². The second-order valence-electron chi connectivity index (χ2n) is 5.52. The first-order valence-corrected chi connectivity index (χ1v) is 8.26. The molecule has 0 aromatic heterocycles. The van der Waals surface area contributed by atoms with Gasteiger partial charge in [0.05, 0.1) is 4.90 Å². The van der Waals surface area contributed by atoms with E-state index >= 15 is 0 Å². The minimum atomic E-state index is -4.85. The van der Waals surface area contributed by atoms with E-state index in [1.54, 1.807) is 0 Å². The average molecular weight is 373 g/mol. The van der Waals surface area contributed by atoms with Gasteiger partial charge in [-0.1, -0.05) is 6.07 Å². The van der Waals surface area contributed by atoms with E-state index in [4.69, 9.17) is 0 Å². The van der Waals surface area contributed by atoms with Crippen molar-refractivity contribution in [2.45, 2.75) is 11.3 Å². The molecule has 10 heteroatoms. The van der Waals surface area contributed by atoms with Gasteiger partial charge in [0.25, 0.3) is 0 Å². The summed E-state index contributed by atoms with van der Waals surface area (Å²) in [5, 5.41) is 3.20. The van der Waals surface area contributed by atoms with Crippen LogP contribution in [0.1, 0.15) is 0 Å². The van der Waals surface area contributed by atoms with E-state index < -0.39 is 22.1 Å². The Kier molecular flexibility index (Phi) is 5.15. The molecule has 0 unspecified atom stereocenters. The van der Waals surface area contributed by atoms with Crippen molar-refractivity contribution in [2.75, 3.05) is 26.2 Å². The zero-order chi connectivity index (χ0) is 16.0. The molecule has 0 saturated carbocycles. The van der Waals surface area contributed by atoms with Gasteiger partial charge in [0, 0.05) is 19.2 Å². The smallest absolute Gasteiger partial charge is 0.406 e. The van der Waals surface area contributed by atoms with Gasteiger partial charge in [-0.15, -0.1) is 25.6 Å². The second kappa shape index (κ2) is 6.46. The van der Waals surface area contributed by atoms with Crippen LogP contribution in [-0.2, 0) is 10.0 Å². The van der Waals surface area contributed by atoms with E-state index in [1.165, 1.54) is 16.4 Å². The minimum Gasteiger partial charge on any atom is -0.406 e. The highest BCUT2D eigenvalue weighted by atomic mass is 35.5. The summed E-state index contributed by atoms with van der Waals surface area (Å²) in [6, 6.07) is 4.52. The van der Waals surface area contributed by atoms with Crippen LogP contribution in [0.2, 0.25) is 0 Å². The summed E-state index contributed by atoms with van der Waals surface area (Å²) in [6.45, 7) is 2.33. The van der Waals surface area contributed by atoms with Crippen LogP contribution in [0.4, 0.5) is 13.2 Å². The Morgan fingerprint density at radius 3 is 2.35 bits per heavy atom. The van der Waals surface area contributed by atoms with Crippen molar-refractivity contribution in [1.29, 1.82) is 0 Å². The molecule has 2 aliphatic heterocycles. The van der Waals surface area contributed by atoms with Gasteiger partial charge in [-0.25, -0.2) is 8.42 Å². The molecule has 2 aliphatic rings. The molecule has 3 rings (SSSR count). The standard InChI is InChI=1S/C13H15F3N2O3S.ClH/c14-13(15,16)21-11-2-1-3-12(4-11)22(19,20)18-7-9-5-17-6-10(9)8-18;/h1-4,9-10,17H,5-8H2;1H/t9-,10+;. The molecule has 2 fully saturated rings. The molecular weight excluding hydrogens is 357 g/mol. The SMILES string of the molecule is Cl.O=S(=O)(c1cccc(OC(F)(F)F)c1)N1C[C@H]2CNC[C@H]2C1. The number of nitrogens with one attached hydrogen (secondary N) is 1. The zero-order valence-corrected chi connectivity index (χ0v) is 13.5. The fourth-order valence-corrected chi connectivity index (χ4v) is 4.58. The summed E-state index contributed by atoms with van der Waals surface area (Å²) in [5.41, 5.74) is 0. The van der Waals surface area contributed by atoms with Crippen molar-refractivity contribution in [3.63, 3.8) is 0 Å². The molecular formula is C13H16ClF3N2O3S. The summed E-state index contributed by atoms with van der Waals surface area (Å²) < 4.78 is 66.9. The van der Waals surface area contributed by atoms with E-state index in [-0.39, 0.29) is 29.1 Å². The number of halogens is 4. The van der Waals surface area contributed by atoms with Crippen LogP contribution >= 0.6 is 12.4 Å². The van der Waals surface area contributed by atoms with Gasteiger partial charge in [-0.2, -0.15) is 4.31 Å².